The van der Waals surface area contributed by atoms with Crippen molar-refractivity contribution in [3.8, 4) is 11.1 Å². The number of pyridine rings is 1. The second kappa shape index (κ2) is 7.87. The van der Waals surface area contributed by atoms with Crippen LogP contribution in [0.15, 0.2) is 42.7 Å². The molecular weight excluding hydrogens is 324 g/mol. The SMILES string of the molecule is CN(C)c1ccc(-c2cncc(C(=O)N3CCCC(N(C)C)C3)c2)cc1. The number of nitrogens with zero attached hydrogens (tertiary/aromatic N) is 4. The molecule has 1 aromatic carbocycles. The molecule has 2 aromatic rings. The predicted octanol–water partition coefficient (Wildman–Crippen LogP) is 2.98. The Labute approximate surface area is 156 Å². The number of anilines is 1. The molecule has 138 valence electrons. The van der Waals surface area contributed by atoms with Gasteiger partial charge in [-0.25, -0.2) is 0 Å². The van der Waals surface area contributed by atoms with E-state index in [2.05, 4.69) is 53.1 Å². The molecule has 1 atom stereocenters. The Morgan fingerprint density at radius 1 is 1.08 bits per heavy atom. The summed E-state index contributed by atoms with van der Waals surface area (Å²) < 4.78 is 0. The number of likely N-dealkylation sites (tertiary alicyclic amines) is 1. The number of aromatic nitrogens is 1. The van der Waals surface area contributed by atoms with Crippen LogP contribution in [-0.2, 0) is 0 Å². The zero-order valence-electron chi connectivity index (χ0n) is 16.1. The first-order valence-electron chi connectivity index (χ1n) is 9.14. The summed E-state index contributed by atoms with van der Waals surface area (Å²) >= 11 is 0. The number of carbonyl (C=O) groups excluding carboxylic acids is 1. The Balaban J connectivity index is 1.79. The maximum Gasteiger partial charge on any atom is 0.255 e. The summed E-state index contributed by atoms with van der Waals surface area (Å²) in [6.07, 6.45) is 5.70. The summed E-state index contributed by atoms with van der Waals surface area (Å²) in [5.41, 5.74) is 3.86. The van der Waals surface area contributed by atoms with Crippen LogP contribution in [-0.4, -0.2) is 68.0 Å². The first-order valence-corrected chi connectivity index (χ1v) is 9.14. The van der Waals surface area contributed by atoms with Gasteiger partial charge in [0, 0.05) is 56.9 Å². The maximum atomic E-state index is 13.0. The van der Waals surface area contributed by atoms with E-state index in [1.165, 1.54) is 0 Å². The van der Waals surface area contributed by atoms with Gasteiger partial charge in [0.1, 0.15) is 0 Å². The molecule has 5 nitrogen and oxygen atoms in total. The Bertz CT molecular complexity index is 755. The molecule has 0 radical (unpaired) electrons. The van der Waals surface area contributed by atoms with Gasteiger partial charge in [-0.1, -0.05) is 12.1 Å². The second-order valence-electron chi connectivity index (χ2n) is 7.41. The third kappa shape index (κ3) is 4.05. The summed E-state index contributed by atoms with van der Waals surface area (Å²) in [4.78, 5) is 23.5. The van der Waals surface area contributed by atoms with Crippen molar-refractivity contribution >= 4 is 11.6 Å². The molecule has 1 aliphatic heterocycles. The molecular formula is C21H28N4O. The van der Waals surface area contributed by atoms with E-state index in [0.717, 1.165) is 42.7 Å². The maximum absolute atomic E-state index is 13.0. The van der Waals surface area contributed by atoms with Gasteiger partial charge >= 0.3 is 0 Å². The molecule has 0 bridgehead atoms. The van der Waals surface area contributed by atoms with Gasteiger partial charge in [0.2, 0.25) is 0 Å². The Morgan fingerprint density at radius 2 is 1.81 bits per heavy atom. The van der Waals surface area contributed by atoms with E-state index in [1.54, 1.807) is 6.20 Å². The summed E-state index contributed by atoms with van der Waals surface area (Å²) in [6.45, 7) is 1.61. The summed E-state index contributed by atoms with van der Waals surface area (Å²) in [5, 5.41) is 0. The van der Waals surface area contributed by atoms with Crippen molar-refractivity contribution in [2.45, 2.75) is 18.9 Å². The van der Waals surface area contributed by atoms with Crippen molar-refractivity contribution < 1.29 is 4.79 Å². The molecule has 1 saturated heterocycles. The van der Waals surface area contributed by atoms with Gasteiger partial charge in [-0.3, -0.25) is 9.78 Å². The predicted molar refractivity (Wildman–Crippen MR) is 107 cm³/mol. The van der Waals surface area contributed by atoms with Crippen molar-refractivity contribution in [1.29, 1.82) is 0 Å². The van der Waals surface area contributed by atoms with Crippen LogP contribution in [0.4, 0.5) is 5.69 Å². The number of carbonyl (C=O) groups is 1. The molecule has 0 aliphatic carbocycles. The molecule has 5 heteroatoms. The van der Waals surface area contributed by atoms with E-state index in [1.807, 2.05) is 31.3 Å². The summed E-state index contributed by atoms with van der Waals surface area (Å²) in [6, 6.07) is 10.7. The number of rotatable bonds is 4. The quantitative estimate of drug-likeness (QED) is 0.848. The molecule has 0 N–H and O–H groups in total. The van der Waals surface area contributed by atoms with Crippen LogP contribution in [0.2, 0.25) is 0 Å². The first-order chi connectivity index (χ1) is 12.5. The lowest BCUT2D eigenvalue weighted by molar-refractivity contribution is 0.0634. The van der Waals surface area contributed by atoms with Crippen molar-refractivity contribution in [3.63, 3.8) is 0 Å². The summed E-state index contributed by atoms with van der Waals surface area (Å²) in [5.74, 6) is 0.0795. The van der Waals surface area contributed by atoms with Gasteiger partial charge in [0.25, 0.3) is 5.91 Å². The molecule has 1 aliphatic rings. The highest BCUT2D eigenvalue weighted by molar-refractivity contribution is 5.95. The van der Waals surface area contributed by atoms with Crippen molar-refractivity contribution in [2.24, 2.45) is 0 Å². The van der Waals surface area contributed by atoms with Gasteiger partial charge in [0.15, 0.2) is 0 Å². The zero-order valence-corrected chi connectivity index (χ0v) is 16.1. The number of hydrogen-bond acceptors (Lipinski definition) is 4. The fourth-order valence-electron chi connectivity index (χ4n) is 3.41. The lowest BCUT2D eigenvalue weighted by Crippen LogP contribution is -2.47. The Morgan fingerprint density at radius 3 is 2.46 bits per heavy atom. The minimum Gasteiger partial charge on any atom is -0.378 e. The number of likely N-dealkylation sites (N-methyl/N-ethyl adjacent to an activating group) is 1. The standard InChI is InChI=1S/C21H28N4O/c1-23(2)19-9-7-16(8-10-19)17-12-18(14-22-13-17)21(26)25-11-5-6-20(15-25)24(3)4/h7-10,12-14,20H,5-6,11,15H2,1-4H3. The molecule has 0 saturated carbocycles. The zero-order chi connectivity index (χ0) is 18.7. The number of hydrogen-bond donors (Lipinski definition) is 0. The Hall–Kier alpha value is -2.40. The molecule has 1 aromatic heterocycles. The largest absolute Gasteiger partial charge is 0.378 e. The molecule has 3 rings (SSSR count). The van der Waals surface area contributed by atoms with E-state index in [9.17, 15) is 4.79 Å². The van der Waals surface area contributed by atoms with Crippen LogP contribution in [0.1, 0.15) is 23.2 Å². The number of piperidine rings is 1. The van der Waals surface area contributed by atoms with Crippen molar-refractivity contribution in [2.75, 3.05) is 46.2 Å². The highest BCUT2D eigenvalue weighted by atomic mass is 16.2. The van der Waals surface area contributed by atoms with Gasteiger partial charge in [-0.15, -0.1) is 0 Å². The van der Waals surface area contributed by atoms with E-state index in [4.69, 9.17) is 0 Å². The van der Waals surface area contributed by atoms with Gasteiger partial charge < -0.3 is 14.7 Å². The average molecular weight is 352 g/mol. The van der Waals surface area contributed by atoms with Gasteiger partial charge in [0.05, 0.1) is 5.56 Å². The topological polar surface area (TPSA) is 39.7 Å². The van der Waals surface area contributed by atoms with Crippen LogP contribution < -0.4 is 4.90 Å². The van der Waals surface area contributed by atoms with E-state index in [-0.39, 0.29) is 5.91 Å². The van der Waals surface area contributed by atoms with Crippen LogP contribution >= 0.6 is 0 Å². The Kier molecular flexibility index (Phi) is 5.57. The molecule has 1 amide bonds. The fourth-order valence-corrected chi connectivity index (χ4v) is 3.41. The van der Waals surface area contributed by atoms with Crippen LogP contribution in [0.25, 0.3) is 11.1 Å². The second-order valence-corrected chi connectivity index (χ2v) is 7.41. The highest BCUT2D eigenvalue weighted by Gasteiger charge is 2.25. The average Bonchev–Trinajstić information content (AvgIpc) is 2.67. The van der Waals surface area contributed by atoms with Gasteiger partial charge in [-0.2, -0.15) is 0 Å². The third-order valence-corrected chi connectivity index (χ3v) is 5.12. The van der Waals surface area contributed by atoms with E-state index >= 15 is 0 Å². The molecule has 26 heavy (non-hydrogen) atoms. The normalized spacial score (nSPS) is 17.4. The number of benzene rings is 1. The first kappa shape index (κ1) is 18.4. The monoisotopic (exact) mass is 352 g/mol. The fraction of sp³-hybridized carbons (Fsp3) is 0.429. The van der Waals surface area contributed by atoms with Crippen molar-refractivity contribution in [1.82, 2.24) is 14.8 Å². The number of amides is 1. The minimum atomic E-state index is 0.0795. The third-order valence-electron chi connectivity index (χ3n) is 5.12. The van der Waals surface area contributed by atoms with Crippen molar-refractivity contribution in [3.05, 3.63) is 48.3 Å². The van der Waals surface area contributed by atoms with Crippen LogP contribution in [0.5, 0.6) is 0 Å². The molecule has 1 fully saturated rings. The van der Waals surface area contributed by atoms with E-state index < -0.39 is 0 Å². The van der Waals surface area contributed by atoms with Crippen LogP contribution in [0.3, 0.4) is 0 Å². The smallest absolute Gasteiger partial charge is 0.255 e. The molecule has 0 spiro atoms. The summed E-state index contributed by atoms with van der Waals surface area (Å²) in [7, 11) is 8.21. The molecule has 2 heterocycles. The lowest BCUT2D eigenvalue weighted by atomic mass is 10.0. The van der Waals surface area contributed by atoms with Crippen LogP contribution in [0, 0.1) is 0 Å². The molecule has 1 unspecified atom stereocenters. The van der Waals surface area contributed by atoms with Gasteiger partial charge in [-0.05, 0) is 50.7 Å². The lowest BCUT2D eigenvalue weighted by Gasteiger charge is -2.36. The highest BCUT2D eigenvalue weighted by Crippen LogP contribution is 2.24. The van der Waals surface area contributed by atoms with E-state index in [0.29, 0.717) is 11.6 Å². The minimum absolute atomic E-state index is 0.0795.